The predicted molar refractivity (Wildman–Crippen MR) is 41.0 cm³/mol. The van der Waals surface area contributed by atoms with Crippen LogP contribution in [-0.4, -0.2) is 20.7 Å². The number of sulfonamides is 1. The van der Waals surface area contributed by atoms with Crippen molar-refractivity contribution in [1.29, 1.82) is 0 Å². The minimum atomic E-state index is -4.60. The van der Waals surface area contributed by atoms with E-state index in [4.69, 9.17) is 0 Å². The van der Waals surface area contributed by atoms with E-state index in [1.54, 1.807) is 6.92 Å². The van der Waals surface area contributed by atoms with Crippen LogP contribution in [0.5, 0.6) is 0 Å². The van der Waals surface area contributed by atoms with E-state index in [1.165, 1.54) is 10.8 Å². The highest BCUT2D eigenvalue weighted by Gasteiger charge is 2.30. The van der Waals surface area contributed by atoms with Crippen molar-refractivity contribution < 1.29 is 17.2 Å². The summed E-state index contributed by atoms with van der Waals surface area (Å²) in [6, 6.07) is 0. The Labute approximate surface area is 70.5 Å². The SMILES string of the molecule is CCC=[C-]C(F)(F)S(=O)(=O)NC. The van der Waals surface area contributed by atoms with E-state index in [1.807, 2.05) is 0 Å². The summed E-state index contributed by atoms with van der Waals surface area (Å²) >= 11 is 0. The molecule has 0 radical (unpaired) electrons. The number of rotatable bonds is 4. The van der Waals surface area contributed by atoms with Gasteiger partial charge in [-0.05, 0) is 7.05 Å². The van der Waals surface area contributed by atoms with Gasteiger partial charge in [-0.25, -0.2) is 21.9 Å². The molecular weight excluding hydrogens is 188 g/mol. The smallest absolute Gasteiger partial charge is 0.247 e. The van der Waals surface area contributed by atoms with Gasteiger partial charge in [-0.3, -0.25) is 6.08 Å². The second-order valence-electron chi connectivity index (χ2n) is 1.98. The molecule has 0 unspecified atom stereocenters. The average Bonchev–Trinajstić information content (AvgIpc) is 2.00. The fourth-order valence-electron chi connectivity index (χ4n) is 0.427. The molecule has 0 aromatic rings. The minimum Gasteiger partial charge on any atom is -0.410 e. The topological polar surface area (TPSA) is 46.2 Å². The molecule has 3 nitrogen and oxygen atoms in total. The van der Waals surface area contributed by atoms with E-state index < -0.39 is 15.3 Å². The summed E-state index contributed by atoms with van der Waals surface area (Å²) in [5.74, 6) is 0. The van der Waals surface area contributed by atoms with Crippen molar-refractivity contribution in [1.82, 2.24) is 4.72 Å². The van der Waals surface area contributed by atoms with Gasteiger partial charge in [-0.1, -0.05) is 13.3 Å². The maximum atomic E-state index is 12.6. The van der Waals surface area contributed by atoms with Crippen molar-refractivity contribution in [2.45, 2.75) is 18.6 Å². The molecule has 0 spiro atoms. The molecule has 1 N–H and O–H groups in total. The van der Waals surface area contributed by atoms with Crippen LogP contribution in [0.3, 0.4) is 0 Å². The maximum Gasteiger partial charge on any atom is 0.247 e. The molecule has 0 atom stereocenters. The Morgan fingerprint density at radius 2 is 2.08 bits per heavy atom. The van der Waals surface area contributed by atoms with E-state index in [0.29, 0.717) is 6.42 Å². The first-order valence-electron chi connectivity index (χ1n) is 3.27. The molecular formula is C6H10F2NO2S-. The zero-order chi connectivity index (χ0) is 9.83. The standard InChI is InChI=1S/C6H10F2NO2S/c1-3-4-5-6(7,8)12(10,11)9-2/h4,9H,3H2,1-2H3/q-1. The molecule has 0 aromatic heterocycles. The van der Waals surface area contributed by atoms with Crippen LogP contribution in [0.2, 0.25) is 0 Å². The van der Waals surface area contributed by atoms with E-state index in [-0.39, 0.29) is 0 Å². The van der Waals surface area contributed by atoms with Crippen molar-refractivity contribution >= 4 is 10.0 Å². The third kappa shape index (κ3) is 2.53. The number of nitrogens with one attached hydrogen (secondary N) is 1. The Morgan fingerprint density at radius 1 is 1.58 bits per heavy atom. The summed E-state index contributed by atoms with van der Waals surface area (Å²) in [6.45, 7) is 1.61. The summed E-state index contributed by atoms with van der Waals surface area (Å²) < 4.78 is 47.9. The molecule has 72 valence electrons. The molecule has 12 heavy (non-hydrogen) atoms. The Morgan fingerprint density at radius 3 is 2.42 bits per heavy atom. The summed E-state index contributed by atoms with van der Waals surface area (Å²) in [7, 11) is -3.67. The second-order valence-corrected chi connectivity index (χ2v) is 3.91. The van der Waals surface area contributed by atoms with Crippen LogP contribution in [0.4, 0.5) is 8.78 Å². The van der Waals surface area contributed by atoms with Gasteiger partial charge in [-0.2, -0.15) is 0 Å². The fraction of sp³-hybridized carbons (Fsp3) is 0.667. The first-order valence-corrected chi connectivity index (χ1v) is 4.76. The highest BCUT2D eigenvalue weighted by atomic mass is 32.2. The number of hydrogen-bond donors (Lipinski definition) is 1. The minimum absolute atomic E-state index is 0.314. The Bertz CT molecular complexity index is 259. The van der Waals surface area contributed by atoms with Crippen LogP contribution < -0.4 is 4.72 Å². The van der Waals surface area contributed by atoms with Gasteiger partial charge < -0.3 is 6.08 Å². The summed E-state index contributed by atoms with van der Waals surface area (Å²) in [5.41, 5.74) is 0. The van der Waals surface area contributed by atoms with Crippen LogP contribution in [0.1, 0.15) is 13.3 Å². The Balaban J connectivity index is 4.73. The van der Waals surface area contributed by atoms with Gasteiger partial charge >= 0.3 is 0 Å². The van der Waals surface area contributed by atoms with Gasteiger partial charge in [0.2, 0.25) is 15.3 Å². The van der Waals surface area contributed by atoms with Crippen molar-refractivity contribution in [3.63, 3.8) is 0 Å². The summed E-state index contributed by atoms with van der Waals surface area (Å²) in [4.78, 5) is 0. The Kier molecular flexibility index (Phi) is 3.79. The molecule has 0 bridgehead atoms. The van der Waals surface area contributed by atoms with E-state index in [9.17, 15) is 17.2 Å². The molecule has 6 heteroatoms. The molecule has 0 fully saturated rings. The van der Waals surface area contributed by atoms with Crippen molar-refractivity contribution in [3.8, 4) is 0 Å². The normalized spacial score (nSPS) is 14.0. The molecule has 0 saturated heterocycles. The molecule has 0 heterocycles. The first kappa shape index (κ1) is 11.5. The molecule has 0 saturated carbocycles. The van der Waals surface area contributed by atoms with Gasteiger partial charge in [0.1, 0.15) is 0 Å². The lowest BCUT2D eigenvalue weighted by molar-refractivity contribution is 0.137. The lowest BCUT2D eigenvalue weighted by Gasteiger charge is -2.21. The van der Waals surface area contributed by atoms with Gasteiger partial charge in [0, 0.05) is 0 Å². The van der Waals surface area contributed by atoms with Crippen molar-refractivity contribution in [3.05, 3.63) is 12.2 Å². The molecule has 0 aliphatic carbocycles. The number of halogens is 2. The quantitative estimate of drug-likeness (QED) is 0.682. The molecule has 0 aliphatic rings. The number of allylic oxidation sites excluding steroid dienone is 1. The van der Waals surface area contributed by atoms with Gasteiger partial charge in [0.25, 0.3) is 0 Å². The van der Waals surface area contributed by atoms with E-state index >= 15 is 0 Å². The van der Waals surface area contributed by atoms with Crippen LogP contribution in [-0.2, 0) is 10.0 Å². The van der Waals surface area contributed by atoms with Gasteiger partial charge in [-0.15, -0.1) is 0 Å². The second kappa shape index (κ2) is 3.95. The lowest BCUT2D eigenvalue weighted by Crippen LogP contribution is -2.36. The summed E-state index contributed by atoms with van der Waals surface area (Å²) in [5, 5.41) is -3.95. The van der Waals surface area contributed by atoms with E-state index in [2.05, 4.69) is 0 Å². The third-order valence-corrected chi connectivity index (χ3v) is 2.41. The molecule has 0 rings (SSSR count). The Hall–Kier alpha value is -0.490. The van der Waals surface area contributed by atoms with Crippen LogP contribution >= 0.6 is 0 Å². The summed E-state index contributed by atoms with van der Waals surface area (Å²) in [6.07, 6.45) is 2.79. The van der Waals surface area contributed by atoms with Gasteiger partial charge in [0.15, 0.2) is 0 Å². The van der Waals surface area contributed by atoms with Gasteiger partial charge in [0.05, 0.1) is 0 Å². The average molecular weight is 198 g/mol. The molecule has 0 amide bonds. The fourth-order valence-corrected chi connectivity index (χ4v) is 0.921. The predicted octanol–water partition coefficient (Wildman–Crippen LogP) is 0.898. The van der Waals surface area contributed by atoms with Crippen molar-refractivity contribution in [2.75, 3.05) is 7.05 Å². The monoisotopic (exact) mass is 198 g/mol. The van der Waals surface area contributed by atoms with Crippen LogP contribution in [0.15, 0.2) is 6.08 Å². The largest absolute Gasteiger partial charge is 0.410 e. The number of alkyl halides is 2. The third-order valence-electron chi connectivity index (χ3n) is 1.08. The van der Waals surface area contributed by atoms with Crippen LogP contribution in [0.25, 0.3) is 0 Å². The molecule has 0 aromatic carbocycles. The van der Waals surface area contributed by atoms with Crippen LogP contribution in [0, 0.1) is 6.08 Å². The highest BCUT2D eigenvalue weighted by molar-refractivity contribution is 7.90. The zero-order valence-corrected chi connectivity index (χ0v) is 7.58. The van der Waals surface area contributed by atoms with Crippen molar-refractivity contribution in [2.24, 2.45) is 0 Å². The lowest BCUT2D eigenvalue weighted by atomic mass is 10.4. The zero-order valence-electron chi connectivity index (χ0n) is 6.77. The maximum absolute atomic E-state index is 12.6. The first-order chi connectivity index (χ1) is 5.37. The highest BCUT2D eigenvalue weighted by Crippen LogP contribution is 2.20. The molecule has 0 aliphatic heterocycles. The number of hydrogen-bond acceptors (Lipinski definition) is 2. The van der Waals surface area contributed by atoms with E-state index in [0.717, 1.165) is 13.1 Å².